The Bertz CT molecular complexity index is 594. The third kappa shape index (κ3) is 3.30. The van der Waals surface area contributed by atoms with Gasteiger partial charge in [-0.2, -0.15) is 0 Å². The largest absolute Gasteiger partial charge is 0.487 e. The average molecular weight is 360 g/mol. The Kier molecular flexibility index (Phi) is 4.86. The van der Waals surface area contributed by atoms with E-state index in [2.05, 4.69) is 15.9 Å². The van der Waals surface area contributed by atoms with Gasteiger partial charge in [0, 0.05) is 15.6 Å². The minimum absolute atomic E-state index is 0.196. The van der Waals surface area contributed by atoms with Crippen LogP contribution in [0.4, 0.5) is 0 Å². The fraction of sp³-hybridized carbons (Fsp3) is 0.0714. The maximum Gasteiger partial charge on any atom is 0.153 e. The predicted octanol–water partition coefficient (Wildman–Crippen LogP) is 5.15. The summed E-state index contributed by atoms with van der Waals surface area (Å²) in [6.07, 6.45) is 0.744. The number of para-hydroxylation sites is 1. The zero-order valence-electron chi connectivity index (χ0n) is 9.70. The van der Waals surface area contributed by atoms with Crippen LogP contribution in [0.1, 0.15) is 15.9 Å². The van der Waals surface area contributed by atoms with Crippen LogP contribution >= 0.6 is 39.1 Å². The highest BCUT2D eigenvalue weighted by Crippen LogP contribution is 2.31. The summed E-state index contributed by atoms with van der Waals surface area (Å²) >= 11 is 15.5. The monoisotopic (exact) mass is 358 g/mol. The Morgan fingerprint density at radius 1 is 1.11 bits per heavy atom. The molecule has 0 spiro atoms. The van der Waals surface area contributed by atoms with Gasteiger partial charge in [-0.05, 0) is 40.2 Å². The van der Waals surface area contributed by atoms with Crippen molar-refractivity contribution in [3.05, 3.63) is 62.0 Å². The number of aldehydes is 1. The van der Waals surface area contributed by atoms with Crippen LogP contribution in [0, 0.1) is 0 Å². The molecule has 5 heteroatoms. The summed E-state index contributed by atoms with van der Waals surface area (Å²) in [6, 6.07) is 10.5. The highest BCUT2D eigenvalue weighted by Gasteiger charge is 2.10. The van der Waals surface area contributed by atoms with Crippen LogP contribution in [0.5, 0.6) is 5.75 Å². The SMILES string of the molecule is O=Cc1cccc(Br)c1OCc1c(Cl)cccc1Cl. The second kappa shape index (κ2) is 6.42. The van der Waals surface area contributed by atoms with Crippen LogP contribution in [-0.4, -0.2) is 6.29 Å². The van der Waals surface area contributed by atoms with Crippen molar-refractivity contribution in [1.29, 1.82) is 0 Å². The van der Waals surface area contributed by atoms with Crippen LogP contribution in [0.2, 0.25) is 10.0 Å². The number of hydrogen-bond acceptors (Lipinski definition) is 2. The molecule has 98 valence electrons. The first kappa shape index (κ1) is 14.4. The zero-order chi connectivity index (χ0) is 13.8. The number of carbonyl (C=O) groups is 1. The van der Waals surface area contributed by atoms with Crippen LogP contribution < -0.4 is 4.74 Å². The molecule has 0 unspecified atom stereocenters. The molecule has 2 nitrogen and oxygen atoms in total. The molecular weight excluding hydrogens is 351 g/mol. The molecule has 0 atom stereocenters. The molecule has 0 saturated heterocycles. The Labute approximate surface area is 129 Å². The smallest absolute Gasteiger partial charge is 0.153 e. The highest BCUT2D eigenvalue weighted by molar-refractivity contribution is 9.10. The van der Waals surface area contributed by atoms with E-state index in [9.17, 15) is 4.79 Å². The molecule has 19 heavy (non-hydrogen) atoms. The molecule has 2 rings (SSSR count). The van der Waals surface area contributed by atoms with Gasteiger partial charge < -0.3 is 4.74 Å². The number of ether oxygens (including phenoxy) is 1. The van der Waals surface area contributed by atoms with E-state index in [-0.39, 0.29) is 6.61 Å². The van der Waals surface area contributed by atoms with Gasteiger partial charge in [0.2, 0.25) is 0 Å². The summed E-state index contributed by atoms with van der Waals surface area (Å²) in [4.78, 5) is 11.0. The summed E-state index contributed by atoms with van der Waals surface area (Å²) in [5.41, 5.74) is 1.16. The number of benzene rings is 2. The van der Waals surface area contributed by atoms with E-state index in [0.717, 1.165) is 6.29 Å². The van der Waals surface area contributed by atoms with E-state index in [1.165, 1.54) is 0 Å². The van der Waals surface area contributed by atoms with Gasteiger partial charge >= 0.3 is 0 Å². The van der Waals surface area contributed by atoms with Crippen molar-refractivity contribution in [3.8, 4) is 5.75 Å². The van der Waals surface area contributed by atoms with E-state index in [1.807, 2.05) is 0 Å². The van der Waals surface area contributed by atoms with Gasteiger partial charge in [-0.3, -0.25) is 4.79 Å². The van der Waals surface area contributed by atoms with Crippen molar-refractivity contribution in [2.45, 2.75) is 6.61 Å². The van der Waals surface area contributed by atoms with Gasteiger partial charge in [-0.15, -0.1) is 0 Å². The van der Waals surface area contributed by atoms with E-state index in [4.69, 9.17) is 27.9 Å². The molecule has 0 aliphatic heterocycles. The molecule has 0 aliphatic carbocycles. The van der Waals surface area contributed by atoms with Crippen LogP contribution in [0.3, 0.4) is 0 Å². The standard InChI is InChI=1S/C14H9BrCl2O2/c15-11-4-1-3-9(7-18)14(11)19-8-10-12(16)5-2-6-13(10)17/h1-7H,8H2. The number of rotatable bonds is 4. The lowest BCUT2D eigenvalue weighted by atomic mass is 10.2. The van der Waals surface area contributed by atoms with Gasteiger partial charge in [-0.1, -0.05) is 35.3 Å². The Balaban J connectivity index is 2.26. The summed E-state index contributed by atoms with van der Waals surface area (Å²) in [5.74, 6) is 0.480. The quantitative estimate of drug-likeness (QED) is 0.706. The third-order valence-corrected chi connectivity index (χ3v) is 3.88. The molecule has 0 N–H and O–H groups in total. The van der Waals surface area contributed by atoms with Crippen LogP contribution in [0.25, 0.3) is 0 Å². The van der Waals surface area contributed by atoms with E-state index in [1.54, 1.807) is 36.4 Å². The minimum Gasteiger partial charge on any atom is -0.487 e. The normalized spacial score (nSPS) is 10.3. The topological polar surface area (TPSA) is 26.3 Å². The molecule has 0 radical (unpaired) electrons. The minimum atomic E-state index is 0.196. The third-order valence-electron chi connectivity index (χ3n) is 2.55. The molecule has 0 fully saturated rings. The van der Waals surface area contributed by atoms with E-state index < -0.39 is 0 Å². The van der Waals surface area contributed by atoms with Crippen LogP contribution in [-0.2, 0) is 6.61 Å². The molecule has 0 aromatic heterocycles. The summed E-state index contributed by atoms with van der Waals surface area (Å²) in [7, 11) is 0. The summed E-state index contributed by atoms with van der Waals surface area (Å²) < 4.78 is 6.37. The van der Waals surface area contributed by atoms with Crippen molar-refractivity contribution < 1.29 is 9.53 Å². The lowest BCUT2D eigenvalue weighted by Crippen LogP contribution is -2.00. The molecule has 0 heterocycles. The zero-order valence-corrected chi connectivity index (χ0v) is 12.8. The van der Waals surface area contributed by atoms with Crippen molar-refractivity contribution in [2.75, 3.05) is 0 Å². The molecule has 0 bridgehead atoms. The Morgan fingerprint density at radius 2 is 1.74 bits per heavy atom. The Morgan fingerprint density at radius 3 is 2.37 bits per heavy atom. The van der Waals surface area contributed by atoms with Crippen molar-refractivity contribution in [3.63, 3.8) is 0 Å². The molecular formula is C14H9BrCl2O2. The van der Waals surface area contributed by atoms with E-state index in [0.29, 0.717) is 31.4 Å². The van der Waals surface area contributed by atoms with Gasteiger partial charge in [-0.25, -0.2) is 0 Å². The van der Waals surface area contributed by atoms with Gasteiger partial charge in [0.1, 0.15) is 12.4 Å². The van der Waals surface area contributed by atoms with Gasteiger partial charge in [0.15, 0.2) is 6.29 Å². The number of carbonyl (C=O) groups excluding carboxylic acids is 1. The fourth-order valence-electron chi connectivity index (χ4n) is 1.59. The first-order valence-electron chi connectivity index (χ1n) is 5.43. The van der Waals surface area contributed by atoms with E-state index >= 15 is 0 Å². The van der Waals surface area contributed by atoms with Gasteiger partial charge in [0.05, 0.1) is 10.0 Å². The lowest BCUT2D eigenvalue weighted by Gasteiger charge is -2.12. The van der Waals surface area contributed by atoms with Crippen molar-refractivity contribution >= 4 is 45.4 Å². The molecule has 0 saturated carbocycles. The van der Waals surface area contributed by atoms with Gasteiger partial charge in [0.25, 0.3) is 0 Å². The second-order valence-electron chi connectivity index (χ2n) is 3.76. The summed E-state index contributed by atoms with van der Waals surface area (Å²) in [5, 5.41) is 1.07. The molecule has 2 aromatic rings. The maximum absolute atomic E-state index is 11.0. The Hall–Kier alpha value is -1.03. The maximum atomic E-state index is 11.0. The van der Waals surface area contributed by atoms with Crippen molar-refractivity contribution in [1.82, 2.24) is 0 Å². The predicted molar refractivity (Wildman–Crippen MR) is 80.3 cm³/mol. The number of halogens is 3. The first-order valence-corrected chi connectivity index (χ1v) is 6.97. The average Bonchev–Trinajstić information content (AvgIpc) is 2.39. The summed E-state index contributed by atoms with van der Waals surface area (Å²) in [6.45, 7) is 0.196. The fourth-order valence-corrected chi connectivity index (χ4v) is 2.59. The molecule has 0 aliphatic rings. The number of hydrogen-bond donors (Lipinski definition) is 0. The molecule has 2 aromatic carbocycles. The lowest BCUT2D eigenvalue weighted by molar-refractivity contribution is 0.111. The highest BCUT2D eigenvalue weighted by atomic mass is 79.9. The molecule has 0 amide bonds. The second-order valence-corrected chi connectivity index (χ2v) is 5.43. The van der Waals surface area contributed by atoms with Crippen LogP contribution in [0.15, 0.2) is 40.9 Å². The first-order chi connectivity index (χ1) is 9.13. The van der Waals surface area contributed by atoms with Crippen molar-refractivity contribution in [2.24, 2.45) is 0 Å².